The van der Waals surface area contributed by atoms with E-state index < -0.39 is 21.9 Å². The first kappa shape index (κ1) is 32.3. The molecule has 250 valence electrons. The van der Waals surface area contributed by atoms with Crippen molar-refractivity contribution in [3.63, 3.8) is 0 Å². The molecule has 0 aliphatic carbocycles. The Hall–Kier alpha value is -4.26. The molecule has 3 saturated heterocycles. The van der Waals surface area contributed by atoms with Crippen LogP contribution < -0.4 is 14.9 Å². The molecule has 0 aromatic heterocycles. The number of aliphatic hydroxyl groups is 1. The van der Waals surface area contributed by atoms with Crippen molar-refractivity contribution in [1.29, 1.82) is 0 Å². The number of sulfonamides is 1. The molecule has 3 N–H and O–H groups in total. The second-order valence-electron chi connectivity index (χ2n) is 12.7. The van der Waals surface area contributed by atoms with Gasteiger partial charge in [-0.2, -0.15) is 0 Å². The largest absolute Gasteiger partial charge is 0.392 e. The quantitative estimate of drug-likeness (QED) is 0.229. The maximum atomic E-state index is 13.2. The van der Waals surface area contributed by atoms with E-state index in [1.54, 1.807) is 48.5 Å². The van der Waals surface area contributed by atoms with E-state index in [1.807, 2.05) is 48.5 Å². The van der Waals surface area contributed by atoms with Gasteiger partial charge in [0.05, 0.1) is 30.4 Å². The molecule has 3 atom stereocenters. The number of likely N-dealkylation sites (tertiary alicyclic amines) is 1. The van der Waals surface area contributed by atoms with E-state index in [-0.39, 0.29) is 29.6 Å². The highest BCUT2D eigenvalue weighted by Gasteiger charge is 2.50. The van der Waals surface area contributed by atoms with Crippen LogP contribution in [0.5, 0.6) is 0 Å². The van der Waals surface area contributed by atoms with Gasteiger partial charge in [0.1, 0.15) is 5.54 Å². The topological polar surface area (TPSA) is 120 Å². The second kappa shape index (κ2) is 13.7. The number of anilines is 2. The zero-order valence-electron chi connectivity index (χ0n) is 26.6. The number of carbonyl (C=O) groups excluding carboxylic acids is 1. The molecule has 0 radical (unpaired) electrons. The van der Waals surface area contributed by atoms with E-state index in [1.165, 1.54) is 0 Å². The Morgan fingerprint density at radius 2 is 1.56 bits per heavy atom. The standard InChI is InChI=1S/C37H40N4O6S/c42-25-27-14-16-28(17-15-27)34-23-32(24-40-20-18-37(19-21-40)36(43)38-26-41(37)31-10-3-1-4-11-31)46-35(47-34)29-8-7-9-30(22-29)39-48(44,45)33-12-5-2-6-13-33/h1-17,22,32,34-35,39,42H,18-21,23-26H2,(H,38,43)/t32-,34+,35+/m0/s1. The number of nitrogens with zero attached hydrogens (tertiary/aromatic N) is 2. The van der Waals surface area contributed by atoms with Crippen LogP contribution >= 0.6 is 0 Å². The molecule has 7 rings (SSSR count). The average Bonchev–Trinajstić information content (AvgIpc) is 3.44. The van der Waals surface area contributed by atoms with Crippen LogP contribution in [0.1, 0.15) is 48.3 Å². The van der Waals surface area contributed by atoms with Gasteiger partial charge >= 0.3 is 0 Å². The Kier molecular flexibility index (Phi) is 9.21. The summed E-state index contributed by atoms with van der Waals surface area (Å²) in [6, 6.07) is 33.2. The minimum Gasteiger partial charge on any atom is -0.392 e. The van der Waals surface area contributed by atoms with Gasteiger partial charge in [0.15, 0.2) is 6.29 Å². The minimum atomic E-state index is -3.78. The van der Waals surface area contributed by atoms with Crippen molar-refractivity contribution >= 4 is 27.3 Å². The number of hydrogen-bond acceptors (Lipinski definition) is 8. The molecular weight excluding hydrogens is 628 g/mol. The first-order chi connectivity index (χ1) is 23.3. The van der Waals surface area contributed by atoms with Gasteiger partial charge in [0.25, 0.3) is 10.0 Å². The third kappa shape index (κ3) is 6.69. The van der Waals surface area contributed by atoms with Crippen molar-refractivity contribution in [3.8, 4) is 0 Å². The van der Waals surface area contributed by atoms with Gasteiger partial charge in [0.2, 0.25) is 5.91 Å². The molecule has 3 aliphatic heterocycles. The fraction of sp³-hybridized carbons (Fsp3) is 0.324. The minimum absolute atomic E-state index is 0.0397. The Morgan fingerprint density at radius 3 is 2.27 bits per heavy atom. The highest BCUT2D eigenvalue weighted by Crippen LogP contribution is 2.40. The van der Waals surface area contributed by atoms with Crippen molar-refractivity contribution in [3.05, 3.63) is 126 Å². The van der Waals surface area contributed by atoms with Crippen LogP contribution in [-0.4, -0.2) is 62.3 Å². The van der Waals surface area contributed by atoms with E-state index in [0.717, 1.165) is 29.9 Å². The molecule has 4 aromatic rings. The molecule has 3 fully saturated rings. The maximum Gasteiger partial charge on any atom is 0.261 e. The number of rotatable bonds is 9. The Labute approximate surface area is 281 Å². The van der Waals surface area contributed by atoms with Gasteiger partial charge in [-0.1, -0.05) is 72.8 Å². The van der Waals surface area contributed by atoms with Gasteiger partial charge in [-0.15, -0.1) is 0 Å². The SMILES string of the molecule is O=C1NCN(c2ccccc2)C12CCN(C[C@@H]1C[C@H](c3ccc(CO)cc3)O[C@H](c3cccc(NS(=O)(=O)c4ccccc4)c3)O1)CC2. The fourth-order valence-electron chi connectivity index (χ4n) is 7.02. The van der Waals surface area contributed by atoms with Gasteiger partial charge < -0.3 is 29.7 Å². The Bertz CT molecular complexity index is 1820. The van der Waals surface area contributed by atoms with Crippen LogP contribution in [0.2, 0.25) is 0 Å². The normalized spacial score (nSPS) is 22.8. The van der Waals surface area contributed by atoms with Crippen molar-refractivity contribution in [2.24, 2.45) is 0 Å². The van der Waals surface area contributed by atoms with E-state index in [4.69, 9.17) is 9.47 Å². The molecule has 10 nitrogen and oxygen atoms in total. The van der Waals surface area contributed by atoms with E-state index >= 15 is 0 Å². The number of amides is 1. The van der Waals surface area contributed by atoms with Crippen LogP contribution in [-0.2, 0) is 30.9 Å². The summed E-state index contributed by atoms with van der Waals surface area (Å²) in [5, 5.41) is 12.7. The molecule has 4 aromatic carbocycles. The lowest BCUT2D eigenvalue weighted by atomic mass is 9.85. The van der Waals surface area contributed by atoms with Crippen LogP contribution in [0.25, 0.3) is 0 Å². The molecule has 0 unspecified atom stereocenters. The molecule has 3 aliphatic rings. The number of para-hydroxylation sites is 1. The number of benzene rings is 4. The third-order valence-electron chi connectivity index (χ3n) is 9.63. The summed E-state index contributed by atoms with van der Waals surface area (Å²) >= 11 is 0. The molecular formula is C37H40N4O6S. The van der Waals surface area contributed by atoms with Crippen molar-refractivity contribution < 1.29 is 27.8 Å². The summed E-state index contributed by atoms with van der Waals surface area (Å²) < 4.78 is 41.9. The summed E-state index contributed by atoms with van der Waals surface area (Å²) in [6.07, 6.45) is 0.821. The smallest absolute Gasteiger partial charge is 0.261 e. The molecule has 11 heteroatoms. The van der Waals surface area contributed by atoms with Gasteiger partial charge in [-0.05, 0) is 60.4 Å². The number of ether oxygens (including phenoxy) is 2. The second-order valence-corrected chi connectivity index (χ2v) is 14.3. The maximum absolute atomic E-state index is 13.2. The number of hydrogen-bond donors (Lipinski definition) is 3. The lowest BCUT2D eigenvalue weighted by Crippen LogP contribution is -2.57. The van der Waals surface area contributed by atoms with Crippen LogP contribution in [0.4, 0.5) is 11.4 Å². The molecule has 1 amide bonds. The van der Waals surface area contributed by atoms with E-state index in [2.05, 4.69) is 32.0 Å². The summed E-state index contributed by atoms with van der Waals surface area (Å²) in [6.45, 7) is 2.62. The van der Waals surface area contributed by atoms with Gasteiger partial charge in [0, 0.05) is 43.0 Å². The summed E-state index contributed by atoms with van der Waals surface area (Å²) in [5.41, 5.74) is 3.38. The Balaban J connectivity index is 1.09. The fourth-order valence-corrected chi connectivity index (χ4v) is 8.09. The Morgan fingerprint density at radius 1 is 0.854 bits per heavy atom. The first-order valence-corrected chi connectivity index (χ1v) is 17.8. The summed E-state index contributed by atoms with van der Waals surface area (Å²) in [5.74, 6) is 0.0857. The highest BCUT2D eigenvalue weighted by molar-refractivity contribution is 7.92. The predicted octanol–water partition coefficient (Wildman–Crippen LogP) is 4.95. The van der Waals surface area contributed by atoms with Crippen LogP contribution in [0, 0.1) is 0 Å². The average molecular weight is 669 g/mol. The molecule has 48 heavy (non-hydrogen) atoms. The number of piperidine rings is 1. The highest BCUT2D eigenvalue weighted by atomic mass is 32.2. The van der Waals surface area contributed by atoms with Gasteiger partial charge in [-0.25, -0.2) is 8.42 Å². The van der Waals surface area contributed by atoms with Crippen LogP contribution in [0.3, 0.4) is 0 Å². The van der Waals surface area contributed by atoms with Crippen molar-refractivity contribution in [2.45, 2.75) is 54.8 Å². The summed E-state index contributed by atoms with van der Waals surface area (Å²) in [7, 11) is -3.78. The lowest BCUT2D eigenvalue weighted by Gasteiger charge is -2.45. The van der Waals surface area contributed by atoms with E-state index in [9.17, 15) is 18.3 Å². The van der Waals surface area contributed by atoms with Gasteiger partial charge in [-0.3, -0.25) is 9.52 Å². The van der Waals surface area contributed by atoms with Crippen LogP contribution in [0.15, 0.2) is 114 Å². The van der Waals surface area contributed by atoms with E-state index in [0.29, 0.717) is 43.7 Å². The molecule has 0 saturated carbocycles. The number of nitrogens with one attached hydrogen (secondary N) is 2. The molecule has 3 heterocycles. The first-order valence-electron chi connectivity index (χ1n) is 16.3. The van der Waals surface area contributed by atoms with Crippen molar-refractivity contribution in [1.82, 2.24) is 10.2 Å². The monoisotopic (exact) mass is 668 g/mol. The summed E-state index contributed by atoms with van der Waals surface area (Å²) in [4.78, 5) is 18.0. The molecule has 1 spiro atoms. The number of carbonyl (C=O) groups is 1. The lowest BCUT2D eigenvalue weighted by molar-refractivity contribution is -0.253. The predicted molar refractivity (Wildman–Crippen MR) is 182 cm³/mol. The molecule has 0 bridgehead atoms. The third-order valence-corrected chi connectivity index (χ3v) is 11.0. The van der Waals surface area contributed by atoms with Crippen molar-refractivity contribution in [2.75, 3.05) is 35.9 Å². The zero-order chi connectivity index (χ0) is 33.1. The zero-order valence-corrected chi connectivity index (χ0v) is 27.4. The number of aliphatic hydroxyl groups excluding tert-OH is 1.